The molecule has 0 saturated heterocycles. The fourth-order valence-electron chi connectivity index (χ4n) is 3.20. The van der Waals surface area contributed by atoms with Gasteiger partial charge in [0.1, 0.15) is 5.78 Å². The van der Waals surface area contributed by atoms with E-state index in [0.29, 0.717) is 19.4 Å². The van der Waals surface area contributed by atoms with Gasteiger partial charge in [-0.1, -0.05) is 42.0 Å². The Morgan fingerprint density at radius 2 is 1.87 bits per heavy atom. The van der Waals surface area contributed by atoms with Crippen molar-refractivity contribution >= 4 is 11.8 Å². The van der Waals surface area contributed by atoms with E-state index in [1.54, 1.807) is 0 Å². The Bertz CT molecular complexity index is 560. The van der Waals surface area contributed by atoms with Crippen LogP contribution in [-0.2, 0) is 14.3 Å². The highest BCUT2D eigenvalue weighted by atomic mass is 16.5. The first-order valence-electron chi connectivity index (χ1n) is 8.52. The molecule has 0 N–H and O–H groups in total. The van der Waals surface area contributed by atoms with E-state index in [-0.39, 0.29) is 23.6 Å². The van der Waals surface area contributed by atoms with Crippen LogP contribution in [0.2, 0.25) is 0 Å². The Balaban J connectivity index is 2.41. The zero-order chi connectivity index (χ0) is 16.7. The molecular weight excluding hydrogens is 288 g/mol. The molecule has 124 valence electrons. The number of ether oxygens (including phenoxy) is 1. The summed E-state index contributed by atoms with van der Waals surface area (Å²) in [5.74, 6) is -0.523. The molecule has 0 bridgehead atoms. The van der Waals surface area contributed by atoms with Gasteiger partial charge in [0, 0.05) is 18.8 Å². The second-order valence-corrected chi connectivity index (χ2v) is 6.26. The molecule has 0 radical (unpaired) electrons. The minimum absolute atomic E-state index is 0.143. The van der Waals surface area contributed by atoms with Crippen LogP contribution >= 0.6 is 0 Å². The van der Waals surface area contributed by atoms with Gasteiger partial charge in [-0.3, -0.25) is 9.59 Å². The summed E-state index contributed by atoms with van der Waals surface area (Å²) in [6, 6.07) is 9.86. The van der Waals surface area contributed by atoms with Crippen LogP contribution in [0.4, 0.5) is 0 Å². The molecule has 1 aromatic carbocycles. The molecule has 0 heterocycles. The number of hydrogen-bond acceptors (Lipinski definition) is 3. The van der Waals surface area contributed by atoms with Crippen molar-refractivity contribution in [2.24, 2.45) is 5.92 Å². The Labute approximate surface area is 138 Å². The lowest BCUT2D eigenvalue weighted by molar-refractivity contribution is -0.147. The van der Waals surface area contributed by atoms with Gasteiger partial charge in [-0.05, 0) is 38.7 Å². The van der Waals surface area contributed by atoms with Gasteiger partial charge in [-0.2, -0.15) is 0 Å². The summed E-state index contributed by atoms with van der Waals surface area (Å²) >= 11 is 0. The third-order valence-corrected chi connectivity index (χ3v) is 4.41. The highest BCUT2D eigenvalue weighted by molar-refractivity contribution is 5.82. The first-order chi connectivity index (χ1) is 11.1. The molecule has 2 rings (SSSR count). The number of benzene rings is 1. The molecule has 2 atom stereocenters. The number of carbonyl (C=O) groups is 2. The second-order valence-electron chi connectivity index (χ2n) is 6.26. The van der Waals surface area contributed by atoms with Crippen molar-refractivity contribution in [2.75, 3.05) is 6.61 Å². The van der Waals surface area contributed by atoms with Gasteiger partial charge >= 0.3 is 5.97 Å². The number of hydrogen-bond donors (Lipinski definition) is 0. The Hall–Kier alpha value is -1.90. The Morgan fingerprint density at radius 1 is 1.17 bits per heavy atom. The van der Waals surface area contributed by atoms with E-state index in [9.17, 15) is 9.59 Å². The van der Waals surface area contributed by atoms with Crippen molar-refractivity contribution in [1.29, 1.82) is 0 Å². The summed E-state index contributed by atoms with van der Waals surface area (Å²) in [6.45, 7) is 4.24. The highest BCUT2D eigenvalue weighted by Crippen LogP contribution is 2.33. The van der Waals surface area contributed by atoms with Crippen LogP contribution in [0.3, 0.4) is 0 Å². The van der Waals surface area contributed by atoms with E-state index in [4.69, 9.17) is 4.74 Å². The number of esters is 1. The van der Waals surface area contributed by atoms with E-state index >= 15 is 0 Å². The molecule has 1 aliphatic carbocycles. The summed E-state index contributed by atoms with van der Waals surface area (Å²) in [6.07, 6.45) is 5.89. The first-order valence-corrected chi connectivity index (χ1v) is 8.52. The number of carbonyl (C=O) groups excluding carboxylic acids is 2. The van der Waals surface area contributed by atoms with Crippen LogP contribution < -0.4 is 0 Å². The van der Waals surface area contributed by atoms with E-state index in [1.165, 1.54) is 5.57 Å². The molecule has 1 aromatic rings. The molecule has 0 amide bonds. The largest absolute Gasteiger partial charge is 0.466 e. The van der Waals surface area contributed by atoms with Crippen LogP contribution in [0.15, 0.2) is 42.0 Å². The summed E-state index contributed by atoms with van der Waals surface area (Å²) in [4.78, 5) is 24.8. The molecule has 0 spiro atoms. The molecule has 3 heteroatoms. The summed E-state index contributed by atoms with van der Waals surface area (Å²) < 4.78 is 5.29. The summed E-state index contributed by atoms with van der Waals surface area (Å²) in [5.41, 5.74) is 2.24. The molecule has 0 fully saturated rings. The van der Waals surface area contributed by atoms with Crippen LogP contribution in [-0.4, -0.2) is 18.4 Å². The predicted octanol–water partition coefficient (Wildman–Crippen LogP) is 4.43. The van der Waals surface area contributed by atoms with Gasteiger partial charge in [0.05, 0.1) is 12.5 Å². The monoisotopic (exact) mass is 314 g/mol. The van der Waals surface area contributed by atoms with Crippen LogP contribution in [0.1, 0.15) is 57.4 Å². The van der Waals surface area contributed by atoms with E-state index in [1.807, 2.05) is 43.3 Å². The number of allylic oxidation sites excluding steroid dienone is 1. The van der Waals surface area contributed by atoms with Crippen molar-refractivity contribution < 1.29 is 14.3 Å². The van der Waals surface area contributed by atoms with Crippen molar-refractivity contribution in [1.82, 2.24) is 0 Å². The van der Waals surface area contributed by atoms with Gasteiger partial charge < -0.3 is 4.74 Å². The fraction of sp³-hybridized carbons (Fsp3) is 0.500. The minimum atomic E-state index is -0.389. The van der Waals surface area contributed by atoms with Crippen molar-refractivity contribution in [3.05, 3.63) is 47.5 Å². The predicted molar refractivity (Wildman–Crippen MR) is 91.2 cm³/mol. The molecule has 0 saturated carbocycles. The van der Waals surface area contributed by atoms with Crippen molar-refractivity contribution in [3.63, 3.8) is 0 Å². The number of rotatable bonds is 3. The van der Waals surface area contributed by atoms with Gasteiger partial charge in [0.25, 0.3) is 0 Å². The highest BCUT2D eigenvalue weighted by Gasteiger charge is 2.31. The van der Waals surface area contributed by atoms with E-state index < -0.39 is 0 Å². The molecule has 2 unspecified atom stereocenters. The van der Waals surface area contributed by atoms with Crippen LogP contribution in [0.5, 0.6) is 0 Å². The zero-order valence-corrected chi connectivity index (χ0v) is 14.1. The average molecular weight is 314 g/mol. The topological polar surface area (TPSA) is 43.4 Å². The molecule has 1 aliphatic rings. The lowest BCUT2D eigenvalue weighted by Crippen LogP contribution is -2.26. The van der Waals surface area contributed by atoms with Crippen LogP contribution in [0.25, 0.3) is 0 Å². The fourth-order valence-corrected chi connectivity index (χ4v) is 3.20. The smallest absolute Gasteiger partial charge is 0.313 e. The molecule has 3 nitrogen and oxygen atoms in total. The van der Waals surface area contributed by atoms with Gasteiger partial charge in [0.2, 0.25) is 0 Å². The maximum Gasteiger partial charge on any atom is 0.313 e. The lowest BCUT2D eigenvalue weighted by Gasteiger charge is -2.25. The van der Waals surface area contributed by atoms with E-state index in [0.717, 1.165) is 24.8 Å². The standard InChI is InChI=1S/C20H26O3/c1-3-23-20(22)19-13-15(2)9-7-8-12-17(21)14-18(19)16-10-5-4-6-11-16/h4-6,10-11,13,18-19H,3,7-9,12,14H2,1-2H3/b15-13+. The molecule has 0 aromatic heterocycles. The SMILES string of the molecule is CCOC(=O)C1/C=C(\C)CCCCC(=O)CC1c1ccccc1. The van der Waals surface area contributed by atoms with E-state index in [2.05, 4.69) is 6.92 Å². The third-order valence-electron chi connectivity index (χ3n) is 4.41. The Kier molecular flexibility index (Phi) is 6.57. The molecule has 23 heavy (non-hydrogen) atoms. The van der Waals surface area contributed by atoms with Crippen molar-refractivity contribution in [3.8, 4) is 0 Å². The second kappa shape index (κ2) is 8.66. The minimum Gasteiger partial charge on any atom is -0.466 e. The first kappa shape index (κ1) is 17.5. The van der Waals surface area contributed by atoms with Gasteiger partial charge in [-0.15, -0.1) is 0 Å². The molecule has 0 aliphatic heterocycles. The maximum atomic E-state index is 12.5. The maximum absolute atomic E-state index is 12.5. The summed E-state index contributed by atoms with van der Waals surface area (Å²) in [7, 11) is 0. The normalized spacial score (nSPS) is 25.3. The van der Waals surface area contributed by atoms with Crippen molar-refractivity contribution in [2.45, 2.75) is 51.9 Å². The molecular formula is C20H26O3. The average Bonchev–Trinajstić information content (AvgIpc) is 2.55. The number of Topliss-reactive ketones (excluding diaryl/α,β-unsaturated/α-hetero) is 1. The van der Waals surface area contributed by atoms with Gasteiger partial charge in [-0.25, -0.2) is 0 Å². The lowest BCUT2D eigenvalue weighted by atomic mass is 9.79. The quantitative estimate of drug-likeness (QED) is 0.612. The van der Waals surface area contributed by atoms with Gasteiger partial charge in [0.15, 0.2) is 0 Å². The van der Waals surface area contributed by atoms with Crippen LogP contribution in [0, 0.1) is 5.92 Å². The Morgan fingerprint density at radius 3 is 2.57 bits per heavy atom. The zero-order valence-electron chi connectivity index (χ0n) is 14.1. The summed E-state index contributed by atoms with van der Waals surface area (Å²) in [5, 5.41) is 0. The number of ketones is 1. The third kappa shape index (κ3) is 5.05.